The van der Waals surface area contributed by atoms with Crippen LogP contribution in [0.15, 0.2) is 131 Å². The maximum absolute atomic E-state index is 14.3. The fourth-order valence-corrected chi connectivity index (χ4v) is 8.31. The molecule has 4 heteroatoms. The van der Waals surface area contributed by atoms with Crippen LogP contribution < -0.4 is 20.7 Å². The fraction of sp³-hybridized carbons (Fsp3) is 0.0345. The van der Waals surface area contributed by atoms with Crippen LogP contribution in [0.2, 0.25) is 0 Å². The predicted molar refractivity (Wildman–Crippen MR) is 140 cm³/mol. The molecule has 0 heterocycles. The Bertz CT molecular complexity index is 1380. The summed E-state index contributed by atoms with van der Waals surface area (Å²) in [5.41, 5.74) is 0. The molecule has 0 bridgehead atoms. The van der Waals surface area contributed by atoms with Gasteiger partial charge >= 0.3 is 0 Å². The van der Waals surface area contributed by atoms with Crippen LogP contribution >= 0.6 is 7.92 Å². The predicted octanol–water partition coefficient (Wildman–Crippen LogP) is 5.77. The molecule has 5 aromatic carbocycles. The maximum atomic E-state index is 14.3. The Labute approximate surface area is 198 Å². The number of hydrogen-bond donors (Lipinski definition) is 0. The van der Waals surface area contributed by atoms with Gasteiger partial charge in [-0.15, -0.1) is 0 Å². The summed E-state index contributed by atoms with van der Waals surface area (Å²) in [6, 6.07) is 41.1. The summed E-state index contributed by atoms with van der Waals surface area (Å²) in [6.45, 7) is 0. The van der Waals surface area contributed by atoms with Crippen molar-refractivity contribution >= 4 is 45.4 Å². The number of fused-ring (bicyclic) bond motifs is 1. The van der Waals surface area contributed by atoms with E-state index >= 15 is 0 Å². The first-order valence-corrected chi connectivity index (χ1v) is 13.2. The van der Waals surface area contributed by atoms with E-state index in [0.717, 1.165) is 25.9 Å². The van der Waals surface area contributed by atoms with Crippen molar-refractivity contribution in [1.82, 2.24) is 0 Å². The molecule has 0 N–H and O–H groups in total. The molecule has 0 spiro atoms. The molecule has 162 valence electrons. The van der Waals surface area contributed by atoms with Gasteiger partial charge in [-0.2, -0.15) is 0 Å². The highest BCUT2D eigenvalue weighted by molar-refractivity contribution is 7.87. The van der Waals surface area contributed by atoms with E-state index in [1.807, 2.05) is 66.7 Å². The Morgan fingerprint density at radius 3 is 1.88 bits per heavy atom. The lowest BCUT2D eigenvalue weighted by Gasteiger charge is -2.22. The number of benzene rings is 5. The van der Waals surface area contributed by atoms with E-state index < -0.39 is 18.7 Å². The summed E-state index contributed by atoms with van der Waals surface area (Å²) in [5.74, 6) is 0.644. The van der Waals surface area contributed by atoms with Gasteiger partial charge in [0.05, 0.1) is 27.7 Å². The lowest BCUT2D eigenvalue weighted by Crippen LogP contribution is -2.23. The van der Waals surface area contributed by atoms with Crippen molar-refractivity contribution < 1.29 is 8.95 Å². The van der Waals surface area contributed by atoms with Gasteiger partial charge in [-0.3, -0.25) is 0 Å². The SMILES string of the molecule is COc1ccc2ccccc2c1[S@](=O)c1ccccc1P(c1ccccc1)c1ccccc1. The van der Waals surface area contributed by atoms with Crippen molar-refractivity contribution in [3.05, 3.63) is 121 Å². The molecule has 0 aromatic heterocycles. The number of methoxy groups -OCH3 is 1. The Hall–Kier alpha value is -3.26. The standard InChI is InChI=1S/C29H23O2PS/c1-31-26-21-20-22-12-8-9-17-25(22)29(26)33(30)28-19-11-10-18-27(28)32(23-13-4-2-5-14-23)24-15-6-3-7-16-24/h2-21H,1H3/t33-/m1/s1. The molecule has 0 amide bonds. The Morgan fingerprint density at radius 2 is 1.21 bits per heavy atom. The van der Waals surface area contributed by atoms with Gasteiger partial charge in [-0.1, -0.05) is 109 Å². The van der Waals surface area contributed by atoms with Crippen LogP contribution in [0.3, 0.4) is 0 Å². The van der Waals surface area contributed by atoms with Crippen LogP contribution in [0.4, 0.5) is 0 Å². The van der Waals surface area contributed by atoms with E-state index in [1.165, 1.54) is 10.6 Å². The lowest BCUT2D eigenvalue weighted by molar-refractivity contribution is 0.405. The molecule has 0 unspecified atom stereocenters. The highest BCUT2D eigenvalue weighted by atomic mass is 32.2. The van der Waals surface area contributed by atoms with E-state index in [0.29, 0.717) is 5.75 Å². The van der Waals surface area contributed by atoms with Crippen molar-refractivity contribution in [2.45, 2.75) is 9.79 Å². The Kier molecular flexibility index (Phi) is 6.35. The molecule has 0 aliphatic carbocycles. The summed E-state index contributed by atoms with van der Waals surface area (Å²) in [4.78, 5) is 1.55. The van der Waals surface area contributed by atoms with Gasteiger partial charge in [-0.25, -0.2) is 4.21 Å². The highest BCUT2D eigenvalue weighted by Gasteiger charge is 2.25. The third-order valence-corrected chi connectivity index (χ3v) is 9.78. The molecule has 0 saturated carbocycles. The van der Waals surface area contributed by atoms with Gasteiger partial charge in [0.1, 0.15) is 5.75 Å². The molecule has 0 saturated heterocycles. The van der Waals surface area contributed by atoms with Crippen LogP contribution in [0.25, 0.3) is 10.8 Å². The van der Waals surface area contributed by atoms with Crippen LogP contribution in [0.1, 0.15) is 0 Å². The van der Waals surface area contributed by atoms with Crippen molar-refractivity contribution in [2.24, 2.45) is 0 Å². The summed E-state index contributed by atoms with van der Waals surface area (Å²) < 4.78 is 19.9. The third-order valence-electron chi connectivity index (χ3n) is 5.58. The second-order valence-electron chi connectivity index (χ2n) is 7.56. The third kappa shape index (κ3) is 4.23. The summed E-state index contributed by atoms with van der Waals surface area (Å²) in [5, 5.41) is 5.56. The molecule has 0 aliphatic heterocycles. The van der Waals surface area contributed by atoms with E-state index in [1.54, 1.807) is 7.11 Å². The van der Waals surface area contributed by atoms with Crippen molar-refractivity contribution in [2.75, 3.05) is 7.11 Å². The minimum Gasteiger partial charge on any atom is -0.495 e. The second kappa shape index (κ2) is 9.70. The first-order chi connectivity index (χ1) is 16.3. The average Bonchev–Trinajstić information content (AvgIpc) is 2.89. The maximum Gasteiger partial charge on any atom is 0.136 e. The molecule has 0 fully saturated rings. The molecule has 0 radical (unpaired) electrons. The monoisotopic (exact) mass is 466 g/mol. The van der Waals surface area contributed by atoms with Crippen LogP contribution in [-0.4, -0.2) is 11.3 Å². The van der Waals surface area contributed by atoms with Gasteiger partial charge in [-0.05, 0) is 36.0 Å². The smallest absolute Gasteiger partial charge is 0.136 e. The van der Waals surface area contributed by atoms with Gasteiger partial charge in [0.15, 0.2) is 0 Å². The summed E-state index contributed by atoms with van der Waals surface area (Å²) >= 11 is 0. The molecule has 0 aliphatic rings. The quantitative estimate of drug-likeness (QED) is 0.297. The number of rotatable bonds is 6. The molecular weight excluding hydrogens is 443 g/mol. The lowest BCUT2D eigenvalue weighted by atomic mass is 10.1. The largest absolute Gasteiger partial charge is 0.495 e. The first-order valence-electron chi connectivity index (χ1n) is 10.7. The normalized spacial score (nSPS) is 12.1. The topological polar surface area (TPSA) is 26.3 Å². The van der Waals surface area contributed by atoms with Crippen LogP contribution in [0.5, 0.6) is 5.75 Å². The van der Waals surface area contributed by atoms with Gasteiger partial charge in [0, 0.05) is 10.7 Å². The molecule has 2 nitrogen and oxygen atoms in total. The van der Waals surface area contributed by atoms with E-state index in [2.05, 4.69) is 54.6 Å². The summed E-state index contributed by atoms with van der Waals surface area (Å²) in [6.07, 6.45) is 0. The van der Waals surface area contributed by atoms with Gasteiger partial charge in [0.25, 0.3) is 0 Å². The van der Waals surface area contributed by atoms with Crippen LogP contribution in [-0.2, 0) is 10.8 Å². The van der Waals surface area contributed by atoms with E-state index in [9.17, 15) is 4.21 Å². The van der Waals surface area contributed by atoms with Crippen molar-refractivity contribution in [3.8, 4) is 5.75 Å². The molecule has 5 aromatic rings. The number of hydrogen-bond acceptors (Lipinski definition) is 2. The number of ether oxygens (including phenoxy) is 1. The fourth-order valence-electron chi connectivity index (χ4n) is 4.06. The zero-order valence-electron chi connectivity index (χ0n) is 18.2. The molecule has 1 atom stereocenters. The van der Waals surface area contributed by atoms with Crippen molar-refractivity contribution in [3.63, 3.8) is 0 Å². The Morgan fingerprint density at radius 1 is 0.636 bits per heavy atom. The highest BCUT2D eigenvalue weighted by Crippen LogP contribution is 2.38. The first kappa shape index (κ1) is 21.6. The van der Waals surface area contributed by atoms with Crippen LogP contribution in [0, 0.1) is 0 Å². The second-order valence-corrected chi connectivity index (χ2v) is 11.1. The zero-order valence-corrected chi connectivity index (χ0v) is 19.9. The van der Waals surface area contributed by atoms with E-state index in [-0.39, 0.29) is 0 Å². The molecule has 33 heavy (non-hydrogen) atoms. The zero-order chi connectivity index (χ0) is 22.6. The van der Waals surface area contributed by atoms with Crippen molar-refractivity contribution in [1.29, 1.82) is 0 Å². The molecular formula is C29H23O2PS. The average molecular weight is 467 g/mol. The minimum absolute atomic E-state index is 0.644. The van der Waals surface area contributed by atoms with Gasteiger partial charge < -0.3 is 4.74 Å². The minimum atomic E-state index is -1.42. The summed E-state index contributed by atoms with van der Waals surface area (Å²) in [7, 11) is -0.665. The molecule has 5 rings (SSSR count). The van der Waals surface area contributed by atoms with Gasteiger partial charge in [0.2, 0.25) is 0 Å². The Balaban J connectivity index is 1.73. The van der Waals surface area contributed by atoms with E-state index in [4.69, 9.17) is 4.74 Å².